The third kappa shape index (κ3) is 5.19. The van der Waals surface area contributed by atoms with E-state index in [2.05, 4.69) is 26.6 Å². The largest absolute Gasteiger partial charge is 0.481 e. The Morgan fingerprint density at radius 2 is 1.90 bits per heavy atom. The third-order valence-electron chi connectivity index (χ3n) is 2.53. The van der Waals surface area contributed by atoms with Crippen LogP contribution in [0.1, 0.15) is 13.3 Å². The van der Waals surface area contributed by atoms with Gasteiger partial charge in [-0.1, -0.05) is 46.1 Å². The quantitative estimate of drug-likeness (QED) is 0.719. The van der Waals surface area contributed by atoms with Gasteiger partial charge in [0.25, 0.3) is 0 Å². The van der Waals surface area contributed by atoms with Gasteiger partial charge in [-0.2, -0.15) is 0 Å². The average Bonchev–Trinajstić information content (AvgIpc) is 2.33. The highest BCUT2D eigenvalue weighted by atomic mass is 79.9. The molecule has 1 unspecified atom stereocenters. The summed E-state index contributed by atoms with van der Waals surface area (Å²) in [5, 5.41) is 14.4. The lowest BCUT2D eigenvalue weighted by atomic mass is 10.1. The number of hydrogen-bond donors (Lipinski definition) is 3. The van der Waals surface area contributed by atoms with Gasteiger partial charge >= 0.3 is 12.0 Å². The van der Waals surface area contributed by atoms with Crippen molar-refractivity contribution in [1.29, 1.82) is 0 Å². The third-order valence-corrected chi connectivity index (χ3v) is 3.58. The SMILES string of the molecule is CC(CCNC(=O)Nc1c(Cl)cc(Br)cc1Cl)C(=O)O. The van der Waals surface area contributed by atoms with E-state index >= 15 is 0 Å². The maximum Gasteiger partial charge on any atom is 0.319 e. The number of carbonyl (C=O) groups is 2. The molecule has 5 nitrogen and oxygen atoms in total. The van der Waals surface area contributed by atoms with E-state index in [1.165, 1.54) is 0 Å². The number of amides is 2. The molecule has 20 heavy (non-hydrogen) atoms. The highest BCUT2D eigenvalue weighted by Crippen LogP contribution is 2.33. The fourth-order valence-electron chi connectivity index (χ4n) is 1.35. The van der Waals surface area contributed by atoms with Crippen molar-refractivity contribution >= 4 is 56.8 Å². The highest BCUT2D eigenvalue weighted by Gasteiger charge is 2.13. The van der Waals surface area contributed by atoms with Gasteiger partial charge in [0, 0.05) is 11.0 Å². The van der Waals surface area contributed by atoms with Gasteiger partial charge in [0.05, 0.1) is 21.7 Å². The van der Waals surface area contributed by atoms with Crippen LogP contribution in [-0.4, -0.2) is 23.7 Å². The van der Waals surface area contributed by atoms with Crippen molar-refractivity contribution in [3.8, 4) is 0 Å². The molecule has 0 bridgehead atoms. The molecular formula is C12H13BrCl2N2O3. The molecule has 0 aliphatic rings. The van der Waals surface area contributed by atoms with Crippen molar-refractivity contribution in [2.45, 2.75) is 13.3 Å². The Hall–Kier alpha value is -0.980. The number of aliphatic carboxylic acids is 1. The molecule has 0 aliphatic carbocycles. The lowest BCUT2D eigenvalue weighted by molar-refractivity contribution is -0.141. The smallest absolute Gasteiger partial charge is 0.319 e. The average molecular weight is 384 g/mol. The van der Waals surface area contributed by atoms with Gasteiger partial charge in [0.1, 0.15) is 0 Å². The summed E-state index contributed by atoms with van der Waals surface area (Å²) in [6, 6.07) is 2.72. The molecule has 1 aromatic rings. The van der Waals surface area contributed by atoms with E-state index in [0.29, 0.717) is 26.6 Å². The Morgan fingerprint density at radius 3 is 2.40 bits per heavy atom. The summed E-state index contributed by atoms with van der Waals surface area (Å²) in [5.74, 6) is -1.42. The number of hydrogen-bond acceptors (Lipinski definition) is 2. The fourth-order valence-corrected chi connectivity index (χ4v) is 2.65. The van der Waals surface area contributed by atoms with Crippen molar-refractivity contribution in [3.63, 3.8) is 0 Å². The van der Waals surface area contributed by atoms with E-state index in [9.17, 15) is 9.59 Å². The van der Waals surface area contributed by atoms with Gasteiger partial charge < -0.3 is 15.7 Å². The van der Waals surface area contributed by atoms with Crippen LogP contribution in [0, 0.1) is 5.92 Å². The Morgan fingerprint density at radius 1 is 1.35 bits per heavy atom. The molecule has 3 N–H and O–H groups in total. The zero-order chi connectivity index (χ0) is 15.3. The Kier molecular flexibility index (Phi) is 6.58. The number of benzene rings is 1. The molecule has 0 heterocycles. The summed E-state index contributed by atoms with van der Waals surface area (Å²) >= 11 is 15.2. The van der Waals surface area contributed by atoms with Gasteiger partial charge in [0.15, 0.2) is 0 Å². The van der Waals surface area contributed by atoms with E-state index in [1.807, 2.05) is 0 Å². The molecular weight excluding hydrogens is 371 g/mol. The van der Waals surface area contributed by atoms with Crippen LogP contribution in [0.15, 0.2) is 16.6 Å². The van der Waals surface area contributed by atoms with Gasteiger partial charge in [-0.3, -0.25) is 4.79 Å². The number of halogens is 3. The highest BCUT2D eigenvalue weighted by molar-refractivity contribution is 9.10. The maximum absolute atomic E-state index is 11.7. The first-order valence-corrected chi connectivity index (χ1v) is 7.28. The number of urea groups is 1. The standard InChI is InChI=1S/C12H13BrCl2N2O3/c1-6(11(18)19)2-3-16-12(20)17-10-8(14)4-7(13)5-9(10)15/h4-6H,2-3H2,1H3,(H,18,19)(H2,16,17,20). The summed E-state index contributed by atoms with van der Waals surface area (Å²) in [6.45, 7) is 1.81. The number of carbonyl (C=O) groups excluding carboxylic acids is 1. The summed E-state index contributed by atoms with van der Waals surface area (Å²) in [6.07, 6.45) is 0.338. The first kappa shape index (κ1) is 17.1. The molecule has 0 fully saturated rings. The predicted molar refractivity (Wildman–Crippen MR) is 82.6 cm³/mol. The zero-order valence-electron chi connectivity index (χ0n) is 10.5. The predicted octanol–water partition coefficient (Wildman–Crippen LogP) is 3.99. The van der Waals surface area contributed by atoms with Crippen molar-refractivity contribution in [2.75, 3.05) is 11.9 Å². The molecule has 8 heteroatoms. The normalized spacial score (nSPS) is 11.8. The molecule has 0 saturated carbocycles. The van der Waals surface area contributed by atoms with Crippen LogP contribution in [0.2, 0.25) is 10.0 Å². The van der Waals surface area contributed by atoms with Crippen LogP contribution >= 0.6 is 39.1 Å². The summed E-state index contributed by atoms with van der Waals surface area (Å²) in [7, 11) is 0. The number of nitrogens with one attached hydrogen (secondary N) is 2. The summed E-state index contributed by atoms with van der Waals surface area (Å²) < 4.78 is 0.703. The van der Waals surface area contributed by atoms with Gasteiger partial charge in [0.2, 0.25) is 0 Å². The van der Waals surface area contributed by atoms with E-state index in [4.69, 9.17) is 28.3 Å². The molecule has 0 spiro atoms. The van der Waals surface area contributed by atoms with Crippen LogP contribution < -0.4 is 10.6 Å². The lowest BCUT2D eigenvalue weighted by Gasteiger charge is -2.12. The van der Waals surface area contributed by atoms with E-state index in [0.717, 1.165) is 0 Å². The van der Waals surface area contributed by atoms with Crippen molar-refractivity contribution in [3.05, 3.63) is 26.7 Å². The van der Waals surface area contributed by atoms with Crippen LogP contribution in [0.4, 0.5) is 10.5 Å². The van der Waals surface area contributed by atoms with Crippen LogP contribution in [0.25, 0.3) is 0 Å². The molecule has 1 aromatic carbocycles. The second-order valence-corrected chi connectivity index (χ2v) is 5.88. The first-order chi connectivity index (χ1) is 9.31. The zero-order valence-corrected chi connectivity index (χ0v) is 13.6. The molecule has 110 valence electrons. The summed E-state index contributed by atoms with van der Waals surface area (Å²) in [4.78, 5) is 22.3. The van der Waals surface area contributed by atoms with Crippen molar-refractivity contribution in [1.82, 2.24) is 5.32 Å². The van der Waals surface area contributed by atoms with Crippen LogP contribution in [0.5, 0.6) is 0 Å². The van der Waals surface area contributed by atoms with Crippen molar-refractivity contribution in [2.24, 2.45) is 5.92 Å². The summed E-state index contributed by atoms with van der Waals surface area (Å²) in [5.41, 5.74) is 0.306. The minimum absolute atomic E-state index is 0.241. The number of carboxylic acids is 1. The number of carboxylic acid groups (broad SMARTS) is 1. The fraction of sp³-hybridized carbons (Fsp3) is 0.333. The number of rotatable bonds is 5. The van der Waals surface area contributed by atoms with Gasteiger partial charge in [-0.15, -0.1) is 0 Å². The Labute approximate surface area is 134 Å². The second kappa shape index (κ2) is 7.71. The number of anilines is 1. The van der Waals surface area contributed by atoms with Gasteiger partial charge in [-0.05, 0) is 18.6 Å². The monoisotopic (exact) mass is 382 g/mol. The minimum Gasteiger partial charge on any atom is -0.481 e. The molecule has 0 radical (unpaired) electrons. The van der Waals surface area contributed by atoms with E-state index in [-0.39, 0.29) is 6.54 Å². The van der Waals surface area contributed by atoms with Gasteiger partial charge in [-0.25, -0.2) is 4.79 Å². The topological polar surface area (TPSA) is 78.4 Å². The maximum atomic E-state index is 11.7. The molecule has 1 rings (SSSR count). The molecule has 0 saturated heterocycles. The van der Waals surface area contributed by atoms with E-state index < -0.39 is 17.9 Å². The molecule has 0 aliphatic heterocycles. The Balaban J connectivity index is 2.53. The molecule has 0 aromatic heterocycles. The van der Waals surface area contributed by atoms with Crippen molar-refractivity contribution < 1.29 is 14.7 Å². The first-order valence-electron chi connectivity index (χ1n) is 5.73. The second-order valence-electron chi connectivity index (χ2n) is 4.15. The van der Waals surface area contributed by atoms with Crippen LogP contribution in [0.3, 0.4) is 0 Å². The Bertz CT molecular complexity index is 502. The van der Waals surface area contributed by atoms with E-state index in [1.54, 1.807) is 19.1 Å². The lowest BCUT2D eigenvalue weighted by Crippen LogP contribution is -2.31. The molecule has 1 atom stereocenters. The molecule has 2 amide bonds. The van der Waals surface area contributed by atoms with Crippen LogP contribution in [-0.2, 0) is 4.79 Å². The minimum atomic E-state index is -0.897.